The zero-order chi connectivity index (χ0) is 18.9. The Kier molecular flexibility index (Phi) is 7.29. The summed E-state index contributed by atoms with van der Waals surface area (Å²) < 4.78 is 16.3. The minimum atomic E-state index is -0.397. The number of carbonyl (C=O) groups excluding carboxylic acids is 1. The summed E-state index contributed by atoms with van der Waals surface area (Å²) in [6.07, 6.45) is 0.374. The number of methoxy groups -OCH3 is 1. The number of hydrogen-bond donors (Lipinski definition) is 1. The van der Waals surface area contributed by atoms with Crippen LogP contribution in [0.25, 0.3) is 0 Å². The highest BCUT2D eigenvalue weighted by Gasteiger charge is 2.12. The van der Waals surface area contributed by atoms with E-state index in [9.17, 15) is 4.79 Å². The average Bonchev–Trinajstić information content (AvgIpc) is 2.66. The van der Waals surface area contributed by atoms with Gasteiger partial charge in [-0.1, -0.05) is 12.1 Å². The van der Waals surface area contributed by atoms with E-state index < -0.39 is 6.09 Å². The molecular weight excluding hydrogens is 332 g/mol. The molecule has 0 saturated heterocycles. The lowest BCUT2D eigenvalue weighted by atomic mass is 10.0. The summed E-state index contributed by atoms with van der Waals surface area (Å²) in [4.78, 5) is 13.1. The molecule has 1 unspecified atom stereocenters. The average molecular weight is 358 g/mol. The van der Waals surface area contributed by atoms with Gasteiger partial charge in [-0.05, 0) is 49.0 Å². The fourth-order valence-corrected chi connectivity index (χ4v) is 2.43. The fourth-order valence-electron chi connectivity index (χ4n) is 2.43. The lowest BCUT2D eigenvalue weighted by Gasteiger charge is -2.18. The first-order valence-corrected chi connectivity index (χ1v) is 8.46. The summed E-state index contributed by atoms with van der Waals surface area (Å²) in [6.45, 7) is 0.555. The number of ether oxygens (including phenoxy) is 3. The zero-order valence-electron chi connectivity index (χ0n) is 15.7. The van der Waals surface area contributed by atoms with E-state index in [1.54, 1.807) is 27.3 Å². The highest BCUT2D eigenvalue weighted by Crippen LogP contribution is 2.23. The second-order valence-corrected chi connectivity index (χ2v) is 5.99. The van der Waals surface area contributed by atoms with Gasteiger partial charge in [-0.25, -0.2) is 4.79 Å². The molecule has 1 atom stereocenters. The smallest absolute Gasteiger partial charge is 0.414 e. The van der Waals surface area contributed by atoms with Gasteiger partial charge >= 0.3 is 6.09 Å². The van der Waals surface area contributed by atoms with Gasteiger partial charge in [0.05, 0.1) is 13.7 Å². The molecule has 0 aromatic heterocycles. The van der Waals surface area contributed by atoms with E-state index in [1.807, 2.05) is 49.5 Å². The number of rotatable bonds is 8. The molecule has 0 spiro atoms. The Balaban J connectivity index is 1.93. The molecule has 0 aliphatic carbocycles. The van der Waals surface area contributed by atoms with Gasteiger partial charge in [-0.3, -0.25) is 0 Å². The van der Waals surface area contributed by atoms with Crippen molar-refractivity contribution in [1.29, 1.82) is 0 Å². The number of nitrogens with one attached hydrogen (secondary N) is 1. The Labute approximate surface area is 154 Å². The van der Waals surface area contributed by atoms with Crippen LogP contribution in [-0.2, 0) is 0 Å². The fraction of sp³-hybridized carbons (Fsp3) is 0.350. The van der Waals surface area contributed by atoms with Crippen molar-refractivity contribution in [1.82, 2.24) is 10.2 Å². The summed E-state index contributed by atoms with van der Waals surface area (Å²) >= 11 is 0. The molecule has 0 bridgehead atoms. The van der Waals surface area contributed by atoms with Gasteiger partial charge in [0.2, 0.25) is 0 Å². The Morgan fingerprint density at radius 3 is 2.38 bits per heavy atom. The predicted octanol–water partition coefficient (Wildman–Crippen LogP) is 3.49. The van der Waals surface area contributed by atoms with Gasteiger partial charge in [0.1, 0.15) is 17.2 Å². The molecule has 0 aliphatic heterocycles. The molecule has 2 aromatic rings. The maximum absolute atomic E-state index is 11.7. The molecule has 2 aromatic carbocycles. The van der Waals surface area contributed by atoms with Crippen LogP contribution in [0, 0.1) is 0 Å². The third kappa shape index (κ3) is 5.67. The topological polar surface area (TPSA) is 60.0 Å². The molecule has 0 aliphatic rings. The van der Waals surface area contributed by atoms with E-state index in [-0.39, 0.29) is 6.04 Å². The van der Waals surface area contributed by atoms with E-state index >= 15 is 0 Å². The van der Waals surface area contributed by atoms with E-state index in [0.717, 1.165) is 23.5 Å². The van der Waals surface area contributed by atoms with E-state index in [1.165, 1.54) is 4.90 Å². The van der Waals surface area contributed by atoms with Gasteiger partial charge in [-0.2, -0.15) is 0 Å². The largest absolute Gasteiger partial charge is 0.497 e. The van der Waals surface area contributed by atoms with Crippen LogP contribution in [0.15, 0.2) is 48.5 Å². The number of hydrogen-bond acceptors (Lipinski definition) is 5. The Bertz CT molecular complexity index is 701. The van der Waals surface area contributed by atoms with E-state index in [4.69, 9.17) is 14.2 Å². The Morgan fingerprint density at radius 2 is 1.77 bits per heavy atom. The predicted molar refractivity (Wildman–Crippen MR) is 101 cm³/mol. The minimum absolute atomic E-state index is 0.0891. The third-order valence-corrected chi connectivity index (χ3v) is 3.91. The first kappa shape index (κ1) is 19.6. The second-order valence-electron chi connectivity index (χ2n) is 5.99. The maximum Gasteiger partial charge on any atom is 0.414 e. The van der Waals surface area contributed by atoms with Crippen molar-refractivity contribution in [2.45, 2.75) is 12.5 Å². The van der Waals surface area contributed by atoms with Crippen molar-refractivity contribution in [3.63, 3.8) is 0 Å². The van der Waals surface area contributed by atoms with Crippen molar-refractivity contribution in [3.05, 3.63) is 54.1 Å². The molecule has 1 N–H and O–H groups in total. The van der Waals surface area contributed by atoms with Gasteiger partial charge in [0, 0.05) is 26.6 Å². The number of carbonyl (C=O) groups is 1. The monoisotopic (exact) mass is 358 g/mol. The molecule has 1 amide bonds. The van der Waals surface area contributed by atoms with Gasteiger partial charge < -0.3 is 24.4 Å². The molecule has 140 valence electrons. The summed E-state index contributed by atoms with van der Waals surface area (Å²) in [6, 6.07) is 15.1. The summed E-state index contributed by atoms with van der Waals surface area (Å²) in [5, 5.41) is 3.28. The standard InChI is InChI=1S/C20H26N2O4/c1-21-19(12-13-25-17-10-8-16(24-4)9-11-17)15-6-5-7-18(14-15)26-20(23)22(2)3/h5-11,14,19,21H,12-13H2,1-4H3. The van der Waals surface area contributed by atoms with Crippen molar-refractivity contribution in [2.24, 2.45) is 0 Å². The minimum Gasteiger partial charge on any atom is -0.497 e. The lowest BCUT2D eigenvalue weighted by molar-refractivity contribution is 0.172. The van der Waals surface area contributed by atoms with Crippen molar-refractivity contribution >= 4 is 6.09 Å². The Morgan fingerprint density at radius 1 is 1.08 bits per heavy atom. The van der Waals surface area contributed by atoms with Gasteiger partial charge in [0.25, 0.3) is 0 Å². The molecular formula is C20H26N2O4. The highest BCUT2D eigenvalue weighted by atomic mass is 16.6. The first-order valence-electron chi connectivity index (χ1n) is 8.46. The van der Waals surface area contributed by atoms with Gasteiger partial charge in [0.15, 0.2) is 0 Å². The van der Waals surface area contributed by atoms with Gasteiger partial charge in [-0.15, -0.1) is 0 Å². The molecule has 6 nitrogen and oxygen atoms in total. The van der Waals surface area contributed by atoms with E-state index in [2.05, 4.69) is 5.32 Å². The quantitative estimate of drug-likeness (QED) is 0.783. The molecule has 6 heteroatoms. The van der Waals surface area contributed by atoms with Crippen LogP contribution in [0.4, 0.5) is 4.79 Å². The molecule has 0 heterocycles. The van der Waals surface area contributed by atoms with E-state index in [0.29, 0.717) is 12.4 Å². The highest BCUT2D eigenvalue weighted by molar-refractivity contribution is 5.70. The molecule has 2 rings (SSSR count). The zero-order valence-corrected chi connectivity index (χ0v) is 15.7. The van der Waals surface area contributed by atoms with Crippen molar-refractivity contribution in [3.8, 4) is 17.2 Å². The molecule has 26 heavy (non-hydrogen) atoms. The lowest BCUT2D eigenvalue weighted by Crippen LogP contribution is -2.25. The normalized spacial score (nSPS) is 11.5. The molecule has 0 saturated carbocycles. The molecule has 0 radical (unpaired) electrons. The number of amides is 1. The van der Waals surface area contributed by atoms with Crippen molar-refractivity contribution in [2.75, 3.05) is 34.9 Å². The van der Waals surface area contributed by atoms with Crippen LogP contribution in [0.1, 0.15) is 18.0 Å². The van der Waals surface area contributed by atoms with Crippen LogP contribution < -0.4 is 19.5 Å². The molecule has 0 fully saturated rings. The van der Waals surface area contributed by atoms with Crippen LogP contribution >= 0.6 is 0 Å². The second kappa shape index (κ2) is 9.68. The van der Waals surface area contributed by atoms with Crippen LogP contribution in [0.5, 0.6) is 17.2 Å². The number of nitrogens with zero attached hydrogens (tertiary/aromatic N) is 1. The maximum atomic E-state index is 11.7. The summed E-state index contributed by atoms with van der Waals surface area (Å²) in [5.74, 6) is 2.13. The third-order valence-electron chi connectivity index (χ3n) is 3.91. The first-order chi connectivity index (χ1) is 12.5. The Hall–Kier alpha value is -2.73. The van der Waals surface area contributed by atoms with Crippen molar-refractivity contribution < 1.29 is 19.0 Å². The van der Waals surface area contributed by atoms with Crippen LogP contribution in [0.2, 0.25) is 0 Å². The van der Waals surface area contributed by atoms with Crippen LogP contribution in [0.3, 0.4) is 0 Å². The van der Waals surface area contributed by atoms with Crippen LogP contribution in [-0.4, -0.2) is 45.9 Å². The SMILES string of the molecule is CNC(CCOc1ccc(OC)cc1)c1cccc(OC(=O)N(C)C)c1. The summed E-state index contributed by atoms with van der Waals surface area (Å²) in [7, 11) is 6.84. The number of benzene rings is 2. The summed E-state index contributed by atoms with van der Waals surface area (Å²) in [5.41, 5.74) is 1.04.